The minimum Gasteiger partial charge on any atom is -0.355 e. The number of sulfonamides is 1. The summed E-state index contributed by atoms with van der Waals surface area (Å²) < 4.78 is 26.4. The lowest BCUT2D eigenvalue weighted by atomic mass is 10.1. The van der Waals surface area contributed by atoms with Gasteiger partial charge in [0.2, 0.25) is 21.8 Å². The van der Waals surface area contributed by atoms with E-state index in [1.807, 2.05) is 65.0 Å². The summed E-state index contributed by atoms with van der Waals surface area (Å²) in [4.78, 5) is 27.8. The normalized spacial score (nSPS) is 12.2. The Morgan fingerprint density at radius 3 is 2.12 bits per heavy atom. The SMILES string of the molecule is CCNC(=O)[C@@H](CC)N(Cc1ccc(C)cc1)C(=O)CN(c1ccc(C)c(C)c1)S(C)(=O)=O. The zero-order valence-electron chi connectivity index (χ0n) is 20.4. The average Bonchev–Trinajstić information content (AvgIpc) is 2.74. The van der Waals surface area contributed by atoms with Gasteiger partial charge in [0.15, 0.2) is 0 Å². The molecule has 0 bridgehead atoms. The van der Waals surface area contributed by atoms with Crippen LogP contribution in [0, 0.1) is 20.8 Å². The summed E-state index contributed by atoms with van der Waals surface area (Å²) in [5.74, 6) is -0.685. The zero-order chi connectivity index (χ0) is 24.8. The summed E-state index contributed by atoms with van der Waals surface area (Å²) in [7, 11) is -3.73. The van der Waals surface area contributed by atoms with Gasteiger partial charge >= 0.3 is 0 Å². The van der Waals surface area contributed by atoms with Crippen molar-refractivity contribution < 1.29 is 18.0 Å². The van der Waals surface area contributed by atoms with E-state index in [1.165, 1.54) is 4.90 Å². The summed E-state index contributed by atoms with van der Waals surface area (Å²) in [6.45, 7) is 9.74. The summed E-state index contributed by atoms with van der Waals surface area (Å²) in [6.07, 6.45) is 1.49. The molecule has 0 spiro atoms. The van der Waals surface area contributed by atoms with Crippen LogP contribution in [0.3, 0.4) is 0 Å². The van der Waals surface area contributed by atoms with Crippen LogP contribution in [0.4, 0.5) is 5.69 Å². The molecule has 0 saturated carbocycles. The Labute approximate surface area is 197 Å². The molecule has 0 aliphatic carbocycles. The van der Waals surface area contributed by atoms with Gasteiger partial charge in [-0.15, -0.1) is 0 Å². The highest BCUT2D eigenvalue weighted by Crippen LogP contribution is 2.22. The van der Waals surface area contributed by atoms with Crippen molar-refractivity contribution in [3.8, 4) is 0 Å². The summed E-state index contributed by atoms with van der Waals surface area (Å²) in [5, 5.41) is 2.79. The number of aryl methyl sites for hydroxylation is 3. The van der Waals surface area contributed by atoms with Crippen LogP contribution in [0.2, 0.25) is 0 Å². The number of nitrogens with one attached hydrogen (secondary N) is 1. The molecular weight excluding hydrogens is 438 g/mol. The number of hydrogen-bond acceptors (Lipinski definition) is 4. The Hall–Kier alpha value is -2.87. The summed E-state index contributed by atoms with van der Waals surface area (Å²) >= 11 is 0. The summed E-state index contributed by atoms with van der Waals surface area (Å²) in [6, 6.07) is 12.3. The highest BCUT2D eigenvalue weighted by atomic mass is 32.2. The van der Waals surface area contributed by atoms with Gasteiger partial charge in [0.25, 0.3) is 0 Å². The molecule has 180 valence electrons. The molecule has 0 aliphatic heterocycles. The second-order valence-electron chi connectivity index (χ2n) is 8.36. The molecule has 2 amide bonds. The van der Waals surface area contributed by atoms with Gasteiger partial charge in [0.1, 0.15) is 12.6 Å². The molecule has 0 saturated heterocycles. The Morgan fingerprint density at radius 2 is 1.61 bits per heavy atom. The van der Waals surface area contributed by atoms with Crippen LogP contribution in [-0.2, 0) is 26.2 Å². The monoisotopic (exact) mass is 473 g/mol. The van der Waals surface area contributed by atoms with E-state index in [9.17, 15) is 18.0 Å². The largest absolute Gasteiger partial charge is 0.355 e. The first kappa shape index (κ1) is 26.4. The quantitative estimate of drug-likeness (QED) is 0.574. The highest BCUT2D eigenvalue weighted by molar-refractivity contribution is 7.92. The van der Waals surface area contributed by atoms with Crippen LogP contribution >= 0.6 is 0 Å². The highest BCUT2D eigenvalue weighted by Gasteiger charge is 2.31. The van der Waals surface area contributed by atoms with E-state index in [2.05, 4.69) is 5.32 Å². The van der Waals surface area contributed by atoms with Crippen molar-refractivity contribution in [3.05, 3.63) is 64.7 Å². The topological polar surface area (TPSA) is 86.8 Å². The Kier molecular flexibility index (Phi) is 9.05. The van der Waals surface area contributed by atoms with Crippen molar-refractivity contribution in [2.24, 2.45) is 0 Å². The van der Waals surface area contributed by atoms with E-state index in [0.717, 1.165) is 32.8 Å². The average molecular weight is 474 g/mol. The van der Waals surface area contributed by atoms with Gasteiger partial charge in [-0.3, -0.25) is 13.9 Å². The lowest BCUT2D eigenvalue weighted by Gasteiger charge is -2.33. The minimum atomic E-state index is -3.73. The first-order valence-electron chi connectivity index (χ1n) is 11.2. The molecule has 0 radical (unpaired) electrons. The molecule has 2 rings (SSSR count). The first-order valence-corrected chi connectivity index (χ1v) is 13.0. The summed E-state index contributed by atoms with van der Waals surface area (Å²) in [5.41, 5.74) is 4.34. The lowest BCUT2D eigenvalue weighted by molar-refractivity contribution is -0.140. The van der Waals surface area contributed by atoms with Gasteiger partial charge in [0.05, 0.1) is 11.9 Å². The van der Waals surface area contributed by atoms with Gasteiger partial charge in [-0.2, -0.15) is 0 Å². The van der Waals surface area contributed by atoms with Crippen LogP contribution in [0.15, 0.2) is 42.5 Å². The van der Waals surface area contributed by atoms with Crippen molar-refractivity contribution in [2.45, 2.75) is 53.6 Å². The van der Waals surface area contributed by atoms with Gasteiger partial charge in [-0.1, -0.05) is 42.8 Å². The molecule has 1 N–H and O–H groups in total. The smallest absolute Gasteiger partial charge is 0.244 e. The molecule has 0 fully saturated rings. The van der Waals surface area contributed by atoms with Gasteiger partial charge < -0.3 is 10.2 Å². The predicted octanol–water partition coefficient (Wildman–Crippen LogP) is 3.32. The van der Waals surface area contributed by atoms with E-state index >= 15 is 0 Å². The van der Waals surface area contributed by atoms with Crippen molar-refractivity contribution >= 4 is 27.5 Å². The molecule has 0 aromatic heterocycles. The number of rotatable bonds is 10. The van der Waals surface area contributed by atoms with Gasteiger partial charge in [-0.05, 0) is 62.9 Å². The molecular formula is C25H35N3O4S. The van der Waals surface area contributed by atoms with Crippen LogP contribution in [0.25, 0.3) is 0 Å². The maximum Gasteiger partial charge on any atom is 0.244 e. The molecule has 0 unspecified atom stereocenters. The van der Waals surface area contributed by atoms with E-state index in [4.69, 9.17) is 0 Å². The van der Waals surface area contributed by atoms with E-state index in [0.29, 0.717) is 18.7 Å². The van der Waals surface area contributed by atoms with Crippen LogP contribution in [-0.4, -0.2) is 50.5 Å². The number of carbonyl (C=O) groups excluding carboxylic acids is 2. The molecule has 7 nitrogen and oxygen atoms in total. The second-order valence-corrected chi connectivity index (χ2v) is 10.3. The third-order valence-electron chi connectivity index (χ3n) is 5.67. The lowest BCUT2D eigenvalue weighted by Crippen LogP contribution is -2.52. The van der Waals surface area contributed by atoms with Crippen molar-refractivity contribution in [3.63, 3.8) is 0 Å². The Balaban J connectivity index is 2.44. The van der Waals surface area contributed by atoms with Gasteiger partial charge in [0, 0.05) is 13.1 Å². The fourth-order valence-electron chi connectivity index (χ4n) is 3.60. The zero-order valence-corrected chi connectivity index (χ0v) is 21.2. The van der Waals surface area contributed by atoms with Crippen molar-refractivity contribution in [1.29, 1.82) is 0 Å². The predicted molar refractivity (Wildman–Crippen MR) is 133 cm³/mol. The minimum absolute atomic E-state index is 0.208. The molecule has 8 heteroatoms. The fraction of sp³-hybridized carbons (Fsp3) is 0.440. The molecule has 33 heavy (non-hydrogen) atoms. The fourth-order valence-corrected chi connectivity index (χ4v) is 4.44. The standard InChI is InChI=1S/C25H35N3O4S/c1-7-23(25(30)26-8-2)27(16-21-12-9-18(3)10-13-21)24(29)17-28(33(6,31)32)22-14-11-19(4)20(5)15-22/h9-15,23H,7-8,16-17H2,1-6H3,(H,26,30)/t23-/m1/s1. The first-order chi connectivity index (χ1) is 15.5. The molecule has 2 aromatic rings. The molecule has 1 atom stereocenters. The van der Waals surface area contributed by atoms with E-state index in [1.54, 1.807) is 12.1 Å². The Morgan fingerprint density at radius 1 is 0.970 bits per heavy atom. The molecule has 2 aromatic carbocycles. The number of likely N-dealkylation sites (N-methyl/N-ethyl adjacent to an activating group) is 1. The molecule has 0 aliphatic rings. The number of carbonyl (C=O) groups is 2. The number of hydrogen-bond donors (Lipinski definition) is 1. The van der Waals surface area contributed by atoms with Crippen LogP contribution in [0.5, 0.6) is 0 Å². The van der Waals surface area contributed by atoms with Crippen LogP contribution in [0.1, 0.15) is 42.5 Å². The number of nitrogens with zero attached hydrogens (tertiary/aromatic N) is 2. The maximum atomic E-state index is 13.5. The van der Waals surface area contributed by atoms with Crippen molar-refractivity contribution in [2.75, 3.05) is 23.7 Å². The van der Waals surface area contributed by atoms with E-state index < -0.39 is 22.0 Å². The molecule has 0 heterocycles. The van der Waals surface area contributed by atoms with Crippen LogP contribution < -0.4 is 9.62 Å². The van der Waals surface area contributed by atoms with Crippen molar-refractivity contribution in [1.82, 2.24) is 10.2 Å². The number of amides is 2. The third kappa shape index (κ3) is 7.05. The number of anilines is 1. The second kappa shape index (κ2) is 11.3. The van der Waals surface area contributed by atoms with E-state index in [-0.39, 0.29) is 19.0 Å². The Bertz CT molecular complexity index is 1080. The third-order valence-corrected chi connectivity index (χ3v) is 6.81. The maximum absolute atomic E-state index is 13.5. The number of benzene rings is 2. The van der Waals surface area contributed by atoms with Gasteiger partial charge in [-0.25, -0.2) is 8.42 Å².